The average molecular weight is 274 g/mol. The van der Waals surface area contributed by atoms with E-state index in [1.165, 1.54) is 0 Å². The zero-order chi connectivity index (χ0) is 13.7. The van der Waals surface area contributed by atoms with Gasteiger partial charge in [-0.1, -0.05) is 18.2 Å². The Morgan fingerprint density at radius 3 is 1.32 bits per heavy atom. The molecule has 0 fully saturated rings. The summed E-state index contributed by atoms with van der Waals surface area (Å²) < 4.78 is 16.2. The molecule has 0 saturated heterocycles. The second-order valence-electron chi connectivity index (χ2n) is 4.07. The summed E-state index contributed by atoms with van der Waals surface area (Å²) in [6, 6.07) is 0. The van der Waals surface area contributed by atoms with E-state index >= 15 is 0 Å². The molecule has 0 aliphatic rings. The van der Waals surface area contributed by atoms with Crippen molar-refractivity contribution in [2.24, 2.45) is 5.41 Å². The fourth-order valence-corrected chi connectivity index (χ4v) is 1.34. The predicted octanol–water partition coefficient (Wildman–Crippen LogP) is 0.748. The van der Waals surface area contributed by atoms with E-state index in [9.17, 15) is 5.11 Å². The van der Waals surface area contributed by atoms with Gasteiger partial charge in [-0.15, -0.1) is 19.7 Å². The molecule has 0 radical (unpaired) electrons. The number of aliphatic hydroxyl groups is 1. The van der Waals surface area contributed by atoms with E-state index in [1.54, 1.807) is 18.2 Å². The van der Waals surface area contributed by atoms with Crippen molar-refractivity contribution < 1.29 is 24.8 Å². The van der Waals surface area contributed by atoms with Gasteiger partial charge in [0, 0.05) is 0 Å². The summed E-state index contributed by atoms with van der Waals surface area (Å²) in [5, 5.41) is 9.56. The second kappa shape index (κ2) is 13.5. The van der Waals surface area contributed by atoms with Gasteiger partial charge >= 0.3 is 0 Å². The second-order valence-corrected chi connectivity index (χ2v) is 4.07. The molecule has 0 rings (SSSR count). The van der Waals surface area contributed by atoms with E-state index in [2.05, 4.69) is 19.7 Å². The van der Waals surface area contributed by atoms with E-state index in [4.69, 9.17) is 14.2 Å². The fourth-order valence-electron chi connectivity index (χ4n) is 1.34. The van der Waals surface area contributed by atoms with Crippen LogP contribution in [0, 0.1) is 5.41 Å². The quantitative estimate of drug-likeness (QED) is 0.397. The number of aliphatic hydroxyl groups excluding tert-OH is 1. The molecule has 3 N–H and O–H groups in total. The van der Waals surface area contributed by atoms with Gasteiger partial charge in [0.25, 0.3) is 0 Å². The summed E-state index contributed by atoms with van der Waals surface area (Å²) in [5.74, 6) is 0. The van der Waals surface area contributed by atoms with Crippen LogP contribution in [0.5, 0.6) is 0 Å². The van der Waals surface area contributed by atoms with Gasteiger partial charge in [0.05, 0.1) is 51.7 Å². The predicted molar refractivity (Wildman–Crippen MR) is 76.2 cm³/mol. The number of hydrogen-bond acceptors (Lipinski definition) is 4. The van der Waals surface area contributed by atoms with Crippen molar-refractivity contribution in [1.29, 1.82) is 0 Å². The van der Waals surface area contributed by atoms with Gasteiger partial charge in [0.15, 0.2) is 0 Å². The Morgan fingerprint density at radius 1 is 0.789 bits per heavy atom. The molecule has 0 atom stereocenters. The molecule has 0 spiro atoms. The molecular weight excluding hydrogens is 248 g/mol. The van der Waals surface area contributed by atoms with Crippen LogP contribution in [0.2, 0.25) is 0 Å². The minimum absolute atomic E-state index is 0. The van der Waals surface area contributed by atoms with Gasteiger partial charge in [-0.25, -0.2) is 0 Å². The standard InChI is InChI=1S/C14H24O4.H2O/c1-4-7-16-11-14(10-15,12-17-8-5-2)13-18-9-6-3;/h4-6,15H,1-3,7-13H2;1H2. The van der Waals surface area contributed by atoms with Crippen molar-refractivity contribution in [3.05, 3.63) is 38.0 Å². The van der Waals surface area contributed by atoms with Crippen LogP contribution in [0.25, 0.3) is 0 Å². The maximum atomic E-state index is 9.56. The molecule has 0 bridgehead atoms. The van der Waals surface area contributed by atoms with Crippen LogP contribution in [-0.2, 0) is 14.2 Å². The maximum absolute atomic E-state index is 9.56. The van der Waals surface area contributed by atoms with Crippen LogP contribution in [0.3, 0.4) is 0 Å². The van der Waals surface area contributed by atoms with Gasteiger partial charge in [-0.3, -0.25) is 0 Å². The van der Waals surface area contributed by atoms with E-state index < -0.39 is 5.41 Å². The van der Waals surface area contributed by atoms with Gasteiger partial charge in [0.2, 0.25) is 0 Å². The lowest BCUT2D eigenvalue weighted by Crippen LogP contribution is -2.41. The van der Waals surface area contributed by atoms with Gasteiger partial charge in [0.1, 0.15) is 0 Å². The molecule has 0 aromatic heterocycles. The number of rotatable bonds is 13. The van der Waals surface area contributed by atoms with Crippen molar-refractivity contribution in [2.45, 2.75) is 0 Å². The molecule has 0 unspecified atom stereocenters. The monoisotopic (exact) mass is 274 g/mol. The van der Waals surface area contributed by atoms with Crippen molar-refractivity contribution in [3.63, 3.8) is 0 Å². The molecule has 0 aliphatic heterocycles. The molecule has 0 aromatic carbocycles. The highest BCUT2D eigenvalue weighted by Gasteiger charge is 2.30. The van der Waals surface area contributed by atoms with Gasteiger partial charge in [-0.05, 0) is 0 Å². The third kappa shape index (κ3) is 9.58. The molecule has 0 aromatic rings. The molecule has 0 amide bonds. The third-order valence-electron chi connectivity index (χ3n) is 2.27. The Labute approximate surface area is 115 Å². The number of ether oxygens (including phenoxy) is 3. The zero-order valence-electron chi connectivity index (χ0n) is 11.5. The Balaban J connectivity index is 0. The lowest BCUT2D eigenvalue weighted by Gasteiger charge is -2.30. The highest BCUT2D eigenvalue weighted by atomic mass is 16.5. The van der Waals surface area contributed by atoms with Crippen LogP contribution in [-0.4, -0.2) is 56.8 Å². The Kier molecular flexibility index (Phi) is 14.4. The van der Waals surface area contributed by atoms with Gasteiger partial charge in [-0.2, -0.15) is 0 Å². The van der Waals surface area contributed by atoms with Crippen molar-refractivity contribution in [2.75, 3.05) is 46.2 Å². The Bertz CT molecular complexity index is 204. The zero-order valence-corrected chi connectivity index (χ0v) is 11.5. The normalized spacial score (nSPS) is 10.6. The Hall–Kier alpha value is -0.980. The van der Waals surface area contributed by atoms with Crippen LogP contribution >= 0.6 is 0 Å². The van der Waals surface area contributed by atoms with Crippen molar-refractivity contribution >= 4 is 0 Å². The molecule has 0 heterocycles. The first kappa shape index (κ1) is 20.3. The fraction of sp³-hybridized carbons (Fsp3) is 0.571. The smallest absolute Gasteiger partial charge is 0.0645 e. The van der Waals surface area contributed by atoms with Crippen LogP contribution in [0.1, 0.15) is 0 Å². The minimum atomic E-state index is -0.560. The highest BCUT2D eigenvalue weighted by molar-refractivity contribution is 4.81. The van der Waals surface area contributed by atoms with E-state index in [0.717, 1.165) is 0 Å². The average Bonchev–Trinajstić information content (AvgIpc) is 2.39. The highest BCUT2D eigenvalue weighted by Crippen LogP contribution is 2.19. The summed E-state index contributed by atoms with van der Waals surface area (Å²) in [6.45, 7) is 13.0. The van der Waals surface area contributed by atoms with E-state index in [1.807, 2.05) is 0 Å². The third-order valence-corrected chi connectivity index (χ3v) is 2.27. The van der Waals surface area contributed by atoms with Gasteiger partial charge < -0.3 is 24.8 Å². The van der Waals surface area contributed by atoms with Crippen LogP contribution in [0.4, 0.5) is 0 Å². The van der Waals surface area contributed by atoms with Crippen molar-refractivity contribution in [3.8, 4) is 0 Å². The first-order chi connectivity index (χ1) is 8.74. The number of hydrogen-bond donors (Lipinski definition) is 1. The molecule has 0 aliphatic carbocycles. The lowest BCUT2D eigenvalue weighted by atomic mass is 9.92. The summed E-state index contributed by atoms with van der Waals surface area (Å²) in [6.07, 6.45) is 4.99. The SMILES string of the molecule is C=CCOCC(CO)(COCC=C)COCC=C.O. The van der Waals surface area contributed by atoms with Crippen LogP contribution in [0.15, 0.2) is 38.0 Å². The molecule has 0 saturated carbocycles. The first-order valence-corrected chi connectivity index (χ1v) is 5.91. The Morgan fingerprint density at radius 2 is 1.11 bits per heavy atom. The molecule has 19 heavy (non-hydrogen) atoms. The minimum Gasteiger partial charge on any atom is -0.412 e. The first-order valence-electron chi connectivity index (χ1n) is 5.91. The topological polar surface area (TPSA) is 79.4 Å². The molecule has 5 nitrogen and oxygen atoms in total. The maximum Gasteiger partial charge on any atom is 0.0645 e. The summed E-state index contributed by atoms with van der Waals surface area (Å²) in [4.78, 5) is 0. The summed E-state index contributed by atoms with van der Waals surface area (Å²) in [7, 11) is 0. The van der Waals surface area contributed by atoms with Crippen molar-refractivity contribution in [1.82, 2.24) is 0 Å². The van der Waals surface area contributed by atoms with Crippen LogP contribution < -0.4 is 0 Å². The molecule has 112 valence electrons. The lowest BCUT2D eigenvalue weighted by molar-refractivity contribution is -0.0821. The summed E-state index contributed by atoms with van der Waals surface area (Å²) in [5.41, 5.74) is -0.560. The van der Waals surface area contributed by atoms with E-state index in [0.29, 0.717) is 39.6 Å². The van der Waals surface area contributed by atoms with E-state index in [-0.39, 0.29) is 12.1 Å². The molecular formula is C14H26O5. The largest absolute Gasteiger partial charge is 0.412 e. The molecule has 5 heteroatoms. The summed E-state index contributed by atoms with van der Waals surface area (Å²) >= 11 is 0.